The summed E-state index contributed by atoms with van der Waals surface area (Å²) in [5.74, 6) is 0.933. The Morgan fingerprint density at radius 1 is 0.704 bits per heavy atom. The van der Waals surface area contributed by atoms with Crippen molar-refractivity contribution < 1.29 is 0 Å². The molecule has 4 fully saturated rings. The van der Waals surface area contributed by atoms with Gasteiger partial charge in [0.05, 0.1) is 0 Å². The van der Waals surface area contributed by atoms with E-state index in [0.29, 0.717) is 0 Å². The maximum atomic E-state index is 2.84. The Labute approximate surface area is 168 Å². The molecular formula is C23H44N4. The molecule has 4 heteroatoms. The molecule has 2 heterocycles. The van der Waals surface area contributed by atoms with Gasteiger partial charge in [0.2, 0.25) is 0 Å². The summed E-state index contributed by atoms with van der Waals surface area (Å²) >= 11 is 0. The van der Waals surface area contributed by atoms with Crippen LogP contribution < -0.4 is 0 Å². The minimum atomic E-state index is 0.788. The molecule has 27 heavy (non-hydrogen) atoms. The molecule has 4 rings (SSSR count). The van der Waals surface area contributed by atoms with Crippen LogP contribution in [0.4, 0.5) is 0 Å². The molecule has 0 radical (unpaired) electrons. The van der Waals surface area contributed by atoms with Gasteiger partial charge in [-0.3, -0.25) is 9.80 Å². The molecule has 2 aliphatic carbocycles. The summed E-state index contributed by atoms with van der Waals surface area (Å²) in [6, 6.07) is 3.38. The lowest BCUT2D eigenvalue weighted by molar-refractivity contribution is 0.157. The van der Waals surface area contributed by atoms with Crippen LogP contribution >= 0.6 is 0 Å². The number of hydrogen-bond acceptors (Lipinski definition) is 4. The normalized spacial score (nSPS) is 37.2. The van der Waals surface area contributed by atoms with Gasteiger partial charge in [0, 0.05) is 56.9 Å². The highest BCUT2D eigenvalue weighted by Gasteiger charge is 2.36. The molecule has 156 valence electrons. The van der Waals surface area contributed by atoms with Gasteiger partial charge in [-0.25, -0.2) is 0 Å². The highest BCUT2D eigenvalue weighted by Crippen LogP contribution is 2.33. The Morgan fingerprint density at radius 2 is 1.37 bits per heavy atom. The number of likely N-dealkylation sites (N-methyl/N-ethyl adjacent to an activating group) is 2. The second-order valence-electron chi connectivity index (χ2n) is 10.4. The standard InChI is InChI=1S/C23H44N4/c1-24(2)22-11-13-27(17-22)21-10-9-19(15-21)16-25(3)23-12-14-26(18-23)20-7-5-4-6-8-20/h19-23H,4-18H2,1-3H3. The average molecular weight is 377 g/mol. The van der Waals surface area contributed by atoms with Crippen molar-refractivity contribution in [2.75, 3.05) is 53.9 Å². The largest absolute Gasteiger partial charge is 0.305 e. The van der Waals surface area contributed by atoms with E-state index in [4.69, 9.17) is 0 Å². The Bertz CT molecular complexity index is 461. The Morgan fingerprint density at radius 3 is 2.07 bits per heavy atom. The molecule has 4 nitrogen and oxygen atoms in total. The fourth-order valence-corrected chi connectivity index (χ4v) is 6.53. The summed E-state index contributed by atoms with van der Waals surface area (Å²) < 4.78 is 0. The van der Waals surface area contributed by atoms with Crippen LogP contribution in [-0.2, 0) is 0 Å². The fourth-order valence-electron chi connectivity index (χ4n) is 6.53. The number of nitrogens with zero attached hydrogens (tertiary/aromatic N) is 4. The first-order chi connectivity index (χ1) is 13.1. The van der Waals surface area contributed by atoms with Gasteiger partial charge in [0.1, 0.15) is 0 Å². The van der Waals surface area contributed by atoms with E-state index < -0.39 is 0 Å². The monoisotopic (exact) mass is 376 g/mol. The first-order valence-corrected chi connectivity index (χ1v) is 11.9. The van der Waals surface area contributed by atoms with Crippen molar-refractivity contribution in [2.24, 2.45) is 5.92 Å². The van der Waals surface area contributed by atoms with Crippen molar-refractivity contribution in [3.8, 4) is 0 Å². The third-order valence-corrected chi connectivity index (χ3v) is 8.41. The summed E-state index contributed by atoms with van der Waals surface area (Å²) in [6.45, 7) is 6.67. The van der Waals surface area contributed by atoms with Gasteiger partial charge >= 0.3 is 0 Å². The van der Waals surface area contributed by atoms with Crippen LogP contribution in [-0.4, -0.2) is 97.6 Å². The Kier molecular flexibility index (Phi) is 6.79. The van der Waals surface area contributed by atoms with Crippen molar-refractivity contribution in [1.29, 1.82) is 0 Å². The minimum absolute atomic E-state index is 0.788. The van der Waals surface area contributed by atoms with E-state index in [0.717, 1.165) is 30.1 Å². The Hall–Kier alpha value is -0.160. The summed E-state index contributed by atoms with van der Waals surface area (Å²) in [5.41, 5.74) is 0. The molecule has 0 N–H and O–H groups in total. The van der Waals surface area contributed by atoms with E-state index in [1.807, 2.05) is 0 Å². The topological polar surface area (TPSA) is 13.0 Å². The molecule has 0 aromatic rings. The lowest BCUT2D eigenvalue weighted by Crippen LogP contribution is -2.41. The smallest absolute Gasteiger partial charge is 0.0232 e. The van der Waals surface area contributed by atoms with Gasteiger partial charge in [0.15, 0.2) is 0 Å². The molecular weight excluding hydrogens is 332 g/mol. The molecule has 0 amide bonds. The van der Waals surface area contributed by atoms with Crippen molar-refractivity contribution in [3.05, 3.63) is 0 Å². The second-order valence-corrected chi connectivity index (χ2v) is 10.4. The van der Waals surface area contributed by atoms with Crippen LogP contribution in [0.1, 0.15) is 64.2 Å². The zero-order chi connectivity index (χ0) is 18.8. The quantitative estimate of drug-likeness (QED) is 0.706. The van der Waals surface area contributed by atoms with Crippen LogP contribution in [0.2, 0.25) is 0 Å². The SMILES string of the molecule is CN(C)C1CCN(C2CCC(CN(C)C3CCN(C4CCCCC4)C3)C2)C1. The van der Waals surface area contributed by atoms with Crippen LogP contribution in [0.15, 0.2) is 0 Å². The van der Waals surface area contributed by atoms with Crippen molar-refractivity contribution in [3.63, 3.8) is 0 Å². The lowest BCUT2D eigenvalue weighted by Gasteiger charge is -2.32. The summed E-state index contributed by atoms with van der Waals surface area (Å²) in [6.07, 6.45) is 14.5. The minimum Gasteiger partial charge on any atom is -0.305 e. The van der Waals surface area contributed by atoms with E-state index in [1.165, 1.54) is 96.9 Å². The van der Waals surface area contributed by atoms with Gasteiger partial charge in [-0.1, -0.05) is 19.3 Å². The number of hydrogen-bond donors (Lipinski definition) is 0. The van der Waals surface area contributed by atoms with E-state index in [-0.39, 0.29) is 0 Å². The maximum absolute atomic E-state index is 2.84. The molecule has 4 unspecified atom stereocenters. The van der Waals surface area contributed by atoms with Crippen molar-refractivity contribution in [1.82, 2.24) is 19.6 Å². The Balaban J connectivity index is 1.20. The average Bonchev–Trinajstić information content (AvgIpc) is 3.42. The second kappa shape index (κ2) is 9.11. The van der Waals surface area contributed by atoms with Crippen LogP contribution in [0.5, 0.6) is 0 Å². The zero-order valence-corrected chi connectivity index (χ0v) is 18.3. The maximum Gasteiger partial charge on any atom is 0.0232 e. The molecule has 4 aliphatic rings. The first-order valence-electron chi connectivity index (χ1n) is 11.9. The van der Waals surface area contributed by atoms with E-state index >= 15 is 0 Å². The summed E-state index contributed by atoms with van der Waals surface area (Å²) in [4.78, 5) is 10.8. The zero-order valence-electron chi connectivity index (χ0n) is 18.3. The van der Waals surface area contributed by atoms with Crippen LogP contribution in [0.3, 0.4) is 0 Å². The molecule has 2 saturated heterocycles. The number of rotatable bonds is 6. The van der Waals surface area contributed by atoms with Crippen molar-refractivity contribution >= 4 is 0 Å². The predicted molar refractivity (Wildman–Crippen MR) is 114 cm³/mol. The summed E-state index contributed by atoms with van der Waals surface area (Å²) in [7, 11) is 6.91. The molecule has 4 atom stereocenters. The lowest BCUT2D eigenvalue weighted by atomic mass is 9.94. The molecule has 0 spiro atoms. The third-order valence-electron chi connectivity index (χ3n) is 8.41. The molecule has 2 saturated carbocycles. The highest BCUT2D eigenvalue weighted by molar-refractivity contribution is 4.92. The van der Waals surface area contributed by atoms with Crippen LogP contribution in [0.25, 0.3) is 0 Å². The van der Waals surface area contributed by atoms with E-state index in [9.17, 15) is 0 Å². The van der Waals surface area contributed by atoms with E-state index in [2.05, 4.69) is 40.7 Å². The molecule has 2 aliphatic heterocycles. The first kappa shape index (κ1) is 20.1. The van der Waals surface area contributed by atoms with E-state index in [1.54, 1.807) is 0 Å². The van der Waals surface area contributed by atoms with Gasteiger partial charge in [-0.15, -0.1) is 0 Å². The highest BCUT2D eigenvalue weighted by atomic mass is 15.3. The summed E-state index contributed by atoms with van der Waals surface area (Å²) in [5, 5.41) is 0. The predicted octanol–water partition coefficient (Wildman–Crippen LogP) is 3.13. The third kappa shape index (κ3) is 4.88. The van der Waals surface area contributed by atoms with Gasteiger partial charge in [-0.05, 0) is 72.0 Å². The molecule has 0 aromatic heterocycles. The molecule has 0 aromatic carbocycles. The van der Waals surface area contributed by atoms with Crippen LogP contribution in [0, 0.1) is 5.92 Å². The molecule has 0 bridgehead atoms. The van der Waals surface area contributed by atoms with Gasteiger partial charge in [0.25, 0.3) is 0 Å². The van der Waals surface area contributed by atoms with Gasteiger partial charge < -0.3 is 9.80 Å². The van der Waals surface area contributed by atoms with Gasteiger partial charge in [-0.2, -0.15) is 0 Å². The number of likely N-dealkylation sites (tertiary alicyclic amines) is 2. The van der Waals surface area contributed by atoms with Crippen molar-refractivity contribution in [2.45, 2.75) is 88.4 Å². The fraction of sp³-hybridized carbons (Fsp3) is 1.00.